The van der Waals surface area contributed by atoms with Crippen molar-refractivity contribution in [2.24, 2.45) is 0 Å². The molecule has 0 saturated carbocycles. The molecule has 0 aliphatic rings. The molecule has 0 atom stereocenters. The zero-order chi connectivity index (χ0) is 16.7. The van der Waals surface area contributed by atoms with Gasteiger partial charge in [-0.25, -0.2) is 8.78 Å². The Hall–Kier alpha value is -2.27. The van der Waals surface area contributed by atoms with Crippen LogP contribution in [0.3, 0.4) is 0 Å². The third-order valence-electron chi connectivity index (χ3n) is 3.56. The lowest BCUT2D eigenvalue weighted by atomic mass is 10.1. The lowest BCUT2D eigenvalue weighted by Gasteiger charge is -2.22. The van der Waals surface area contributed by atoms with E-state index in [1.165, 1.54) is 17.0 Å². The minimum absolute atomic E-state index is 0.107. The summed E-state index contributed by atoms with van der Waals surface area (Å²) in [6.07, 6.45) is 0.303. The Morgan fingerprint density at radius 1 is 1.09 bits per heavy atom. The quantitative estimate of drug-likeness (QED) is 0.852. The number of aryl methyl sites for hydroxylation is 1. The SMILES string of the molecule is O=C(CCc1ccc(F)cc1F)N(CCO)Cc1ccccc1. The van der Waals surface area contributed by atoms with Gasteiger partial charge in [0.2, 0.25) is 5.91 Å². The first kappa shape index (κ1) is 17.1. The van der Waals surface area contributed by atoms with Crippen molar-refractivity contribution in [3.8, 4) is 0 Å². The van der Waals surface area contributed by atoms with E-state index in [4.69, 9.17) is 5.11 Å². The molecule has 0 bridgehead atoms. The number of carbonyl (C=O) groups is 1. The van der Waals surface area contributed by atoms with Gasteiger partial charge in [-0.1, -0.05) is 36.4 Å². The van der Waals surface area contributed by atoms with Crippen LogP contribution in [-0.4, -0.2) is 29.1 Å². The van der Waals surface area contributed by atoms with Crippen molar-refractivity contribution >= 4 is 5.91 Å². The maximum atomic E-state index is 13.6. The lowest BCUT2D eigenvalue weighted by Crippen LogP contribution is -2.33. The lowest BCUT2D eigenvalue weighted by molar-refractivity contribution is -0.132. The van der Waals surface area contributed by atoms with Gasteiger partial charge in [0.25, 0.3) is 0 Å². The van der Waals surface area contributed by atoms with Gasteiger partial charge in [0.05, 0.1) is 6.61 Å². The topological polar surface area (TPSA) is 40.5 Å². The largest absolute Gasteiger partial charge is 0.395 e. The fourth-order valence-electron chi connectivity index (χ4n) is 2.34. The van der Waals surface area contributed by atoms with Crippen LogP contribution in [0.1, 0.15) is 17.5 Å². The zero-order valence-electron chi connectivity index (χ0n) is 12.7. The van der Waals surface area contributed by atoms with E-state index in [1.807, 2.05) is 30.3 Å². The predicted molar refractivity (Wildman–Crippen MR) is 83.6 cm³/mol. The van der Waals surface area contributed by atoms with Gasteiger partial charge in [-0.2, -0.15) is 0 Å². The molecule has 0 unspecified atom stereocenters. The fraction of sp³-hybridized carbons (Fsp3) is 0.278. The molecule has 1 amide bonds. The maximum absolute atomic E-state index is 13.6. The first-order valence-corrected chi connectivity index (χ1v) is 7.46. The van der Waals surface area contributed by atoms with Crippen molar-refractivity contribution in [1.29, 1.82) is 0 Å². The van der Waals surface area contributed by atoms with Crippen LogP contribution in [0.25, 0.3) is 0 Å². The summed E-state index contributed by atoms with van der Waals surface area (Å²) >= 11 is 0. The highest BCUT2D eigenvalue weighted by Gasteiger charge is 2.14. The second-order valence-electron chi connectivity index (χ2n) is 5.26. The van der Waals surface area contributed by atoms with E-state index in [2.05, 4.69) is 0 Å². The van der Waals surface area contributed by atoms with Gasteiger partial charge in [0.15, 0.2) is 0 Å². The van der Waals surface area contributed by atoms with E-state index in [-0.39, 0.29) is 31.9 Å². The summed E-state index contributed by atoms with van der Waals surface area (Å²) in [6.45, 7) is 0.481. The van der Waals surface area contributed by atoms with Gasteiger partial charge >= 0.3 is 0 Å². The van der Waals surface area contributed by atoms with Crippen molar-refractivity contribution in [3.63, 3.8) is 0 Å². The monoisotopic (exact) mass is 319 g/mol. The summed E-state index contributed by atoms with van der Waals surface area (Å²) < 4.78 is 26.5. The fourth-order valence-corrected chi connectivity index (χ4v) is 2.34. The molecule has 0 aromatic heterocycles. The Bertz CT molecular complexity index is 647. The van der Waals surface area contributed by atoms with Crippen molar-refractivity contribution in [2.45, 2.75) is 19.4 Å². The van der Waals surface area contributed by atoms with Gasteiger partial charge < -0.3 is 10.0 Å². The second-order valence-corrected chi connectivity index (χ2v) is 5.26. The molecule has 0 heterocycles. The van der Waals surface area contributed by atoms with Crippen molar-refractivity contribution < 1.29 is 18.7 Å². The maximum Gasteiger partial charge on any atom is 0.223 e. The number of aliphatic hydroxyl groups excluding tert-OH is 1. The Kier molecular flexibility index (Phi) is 6.23. The molecule has 3 nitrogen and oxygen atoms in total. The van der Waals surface area contributed by atoms with Crippen LogP contribution < -0.4 is 0 Å². The van der Waals surface area contributed by atoms with E-state index < -0.39 is 11.6 Å². The number of carbonyl (C=O) groups excluding carboxylic acids is 1. The molecule has 2 aromatic carbocycles. The average molecular weight is 319 g/mol. The predicted octanol–water partition coefficient (Wildman–Crippen LogP) is 2.92. The highest BCUT2D eigenvalue weighted by Crippen LogP contribution is 2.13. The van der Waals surface area contributed by atoms with Crippen LogP contribution in [0.15, 0.2) is 48.5 Å². The number of amides is 1. The van der Waals surface area contributed by atoms with E-state index in [9.17, 15) is 13.6 Å². The Labute approximate surface area is 134 Å². The van der Waals surface area contributed by atoms with E-state index in [0.717, 1.165) is 11.6 Å². The molecule has 122 valence electrons. The highest BCUT2D eigenvalue weighted by molar-refractivity contribution is 5.76. The summed E-state index contributed by atoms with van der Waals surface area (Å²) in [6, 6.07) is 12.8. The number of aliphatic hydroxyl groups is 1. The van der Waals surface area contributed by atoms with E-state index in [0.29, 0.717) is 12.1 Å². The molecule has 0 spiro atoms. The summed E-state index contributed by atoms with van der Waals surface area (Å²) in [5.74, 6) is -1.45. The van der Waals surface area contributed by atoms with Crippen LogP contribution in [-0.2, 0) is 17.8 Å². The first-order valence-electron chi connectivity index (χ1n) is 7.46. The molecule has 0 aliphatic carbocycles. The van der Waals surface area contributed by atoms with Crippen LogP contribution >= 0.6 is 0 Å². The first-order chi connectivity index (χ1) is 11.1. The summed E-state index contributed by atoms with van der Waals surface area (Å²) in [4.78, 5) is 13.8. The molecule has 1 N–H and O–H groups in total. The molecule has 0 fully saturated rings. The molecule has 2 rings (SSSR count). The Balaban J connectivity index is 1.97. The normalized spacial score (nSPS) is 10.6. The van der Waals surface area contributed by atoms with Crippen LogP contribution in [0.5, 0.6) is 0 Å². The molecule has 0 aliphatic heterocycles. The number of nitrogens with zero attached hydrogens (tertiary/aromatic N) is 1. The molecule has 23 heavy (non-hydrogen) atoms. The van der Waals surface area contributed by atoms with Gasteiger partial charge in [0.1, 0.15) is 11.6 Å². The Morgan fingerprint density at radius 3 is 2.48 bits per heavy atom. The molecule has 2 aromatic rings. The molecular formula is C18H19F2NO2. The second kappa shape index (κ2) is 8.39. The molecule has 0 saturated heterocycles. The molecular weight excluding hydrogens is 300 g/mol. The van der Waals surface area contributed by atoms with E-state index in [1.54, 1.807) is 0 Å². The zero-order valence-corrected chi connectivity index (χ0v) is 12.7. The third-order valence-corrected chi connectivity index (χ3v) is 3.56. The van der Waals surface area contributed by atoms with E-state index >= 15 is 0 Å². The number of hydrogen-bond acceptors (Lipinski definition) is 2. The van der Waals surface area contributed by atoms with Gasteiger partial charge in [0, 0.05) is 25.6 Å². The van der Waals surface area contributed by atoms with Crippen LogP contribution in [0, 0.1) is 11.6 Å². The minimum Gasteiger partial charge on any atom is -0.395 e. The van der Waals surface area contributed by atoms with Gasteiger partial charge in [-0.3, -0.25) is 4.79 Å². The average Bonchev–Trinajstić information content (AvgIpc) is 2.54. The number of hydrogen-bond donors (Lipinski definition) is 1. The van der Waals surface area contributed by atoms with Gasteiger partial charge in [-0.15, -0.1) is 0 Å². The standard InChI is InChI=1S/C18H19F2NO2/c19-16-8-6-15(17(20)12-16)7-9-18(23)21(10-11-22)13-14-4-2-1-3-5-14/h1-6,8,12,22H,7,9-11,13H2. The van der Waals surface area contributed by atoms with Crippen molar-refractivity contribution in [3.05, 3.63) is 71.3 Å². The van der Waals surface area contributed by atoms with Crippen molar-refractivity contribution in [2.75, 3.05) is 13.2 Å². The number of rotatable bonds is 7. The Morgan fingerprint density at radius 2 is 1.83 bits per heavy atom. The molecule has 0 radical (unpaired) electrons. The molecule has 5 heteroatoms. The minimum atomic E-state index is -0.644. The number of halogens is 2. The van der Waals surface area contributed by atoms with Gasteiger partial charge in [-0.05, 0) is 23.6 Å². The van der Waals surface area contributed by atoms with Crippen LogP contribution in [0.2, 0.25) is 0 Å². The smallest absolute Gasteiger partial charge is 0.223 e. The third kappa shape index (κ3) is 5.14. The summed E-state index contributed by atoms with van der Waals surface area (Å²) in [5, 5.41) is 9.13. The highest BCUT2D eigenvalue weighted by atomic mass is 19.1. The summed E-state index contributed by atoms with van der Waals surface area (Å²) in [5.41, 5.74) is 1.27. The number of benzene rings is 2. The van der Waals surface area contributed by atoms with Crippen molar-refractivity contribution in [1.82, 2.24) is 4.90 Å². The summed E-state index contributed by atoms with van der Waals surface area (Å²) in [7, 11) is 0. The van der Waals surface area contributed by atoms with Crippen LogP contribution in [0.4, 0.5) is 8.78 Å².